The molecule has 0 radical (unpaired) electrons. The van der Waals surface area contributed by atoms with Gasteiger partial charge in [0.05, 0.1) is 35.5 Å². The number of hydrogen-bond donors (Lipinski definition) is 0. The van der Waals surface area contributed by atoms with Crippen LogP contribution in [0.5, 0.6) is 0 Å². The molecule has 0 unspecified atom stereocenters. The fraction of sp³-hybridized carbons (Fsp3) is 0.333. The third kappa shape index (κ3) is 7.01. The Balaban J connectivity index is 1.73. The lowest BCUT2D eigenvalue weighted by Crippen LogP contribution is -2.16. The zero-order valence-electron chi connectivity index (χ0n) is 16.1. The van der Waals surface area contributed by atoms with E-state index in [1.54, 1.807) is 0 Å². The molecule has 10 heteroatoms. The van der Waals surface area contributed by atoms with Gasteiger partial charge in [-0.3, -0.25) is 0 Å². The van der Waals surface area contributed by atoms with Gasteiger partial charge in [0.15, 0.2) is 0 Å². The van der Waals surface area contributed by atoms with Gasteiger partial charge in [0.25, 0.3) is 0 Å². The molecule has 0 bridgehead atoms. The molecular formula is C21H18F6O4. The Morgan fingerprint density at radius 1 is 0.613 bits per heavy atom. The zero-order valence-corrected chi connectivity index (χ0v) is 16.1. The summed E-state index contributed by atoms with van der Waals surface area (Å²) in [6.07, 6.45) is -8.45. The fourth-order valence-corrected chi connectivity index (χ4v) is 2.68. The van der Waals surface area contributed by atoms with Gasteiger partial charge >= 0.3 is 24.3 Å². The Morgan fingerprint density at radius 3 is 1.32 bits per heavy atom. The highest BCUT2D eigenvalue weighted by molar-refractivity contribution is 5.91. The largest absolute Gasteiger partial charge is 0.462 e. The lowest BCUT2D eigenvalue weighted by Gasteiger charge is -2.12. The van der Waals surface area contributed by atoms with E-state index >= 15 is 0 Å². The van der Waals surface area contributed by atoms with Crippen molar-refractivity contribution in [2.75, 3.05) is 13.2 Å². The lowest BCUT2D eigenvalue weighted by atomic mass is 10.1. The molecule has 168 valence electrons. The third-order valence-electron chi connectivity index (χ3n) is 4.16. The van der Waals surface area contributed by atoms with E-state index in [-0.39, 0.29) is 26.1 Å². The molecule has 2 rings (SSSR count). The average Bonchev–Trinajstić information content (AvgIpc) is 2.71. The third-order valence-corrected chi connectivity index (χ3v) is 4.16. The predicted octanol–water partition coefficient (Wildman–Crippen LogP) is 5.91. The molecule has 0 fully saturated rings. The van der Waals surface area contributed by atoms with Gasteiger partial charge < -0.3 is 9.47 Å². The molecule has 31 heavy (non-hydrogen) atoms. The molecule has 0 spiro atoms. The summed E-state index contributed by atoms with van der Waals surface area (Å²) in [4.78, 5) is 23.8. The van der Waals surface area contributed by atoms with Crippen LogP contribution in [0.1, 0.15) is 51.1 Å². The second-order valence-electron chi connectivity index (χ2n) is 6.42. The zero-order chi connectivity index (χ0) is 23.1. The summed E-state index contributed by atoms with van der Waals surface area (Å²) in [5.74, 6) is -2.22. The first-order valence-electron chi connectivity index (χ1n) is 9.18. The summed E-state index contributed by atoms with van der Waals surface area (Å²) in [6.45, 7) is -0.314. The van der Waals surface area contributed by atoms with Crippen LogP contribution in [0.3, 0.4) is 0 Å². The summed E-state index contributed by atoms with van der Waals surface area (Å²) >= 11 is 0. The maximum absolute atomic E-state index is 12.9. The average molecular weight is 448 g/mol. The molecule has 0 heterocycles. The molecule has 0 aromatic heterocycles. The monoisotopic (exact) mass is 448 g/mol. The first kappa shape index (κ1) is 24.2. The number of benzene rings is 2. The van der Waals surface area contributed by atoms with Gasteiger partial charge in [0, 0.05) is 0 Å². The number of unbranched alkanes of at least 4 members (excludes halogenated alkanes) is 2. The van der Waals surface area contributed by atoms with E-state index in [0.717, 1.165) is 36.4 Å². The molecule has 2 aromatic carbocycles. The smallest absolute Gasteiger partial charge is 0.417 e. The van der Waals surface area contributed by atoms with Gasteiger partial charge in [-0.2, -0.15) is 26.3 Å². The summed E-state index contributed by atoms with van der Waals surface area (Å²) in [7, 11) is 0. The van der Waals surface area contributed by atoms with E-state index in [4.69, 9.17) is 9.47 Å². The molecule has 4 nitrogen and oxygen atoms in total. The quantitative estimate of drug-likeness (QED) is 0.286. The van der Waals surface area contributed by atoms with Crippen molar-refractivity contribution in [2.45, 2.75) is 31.6 Å². The number of carbonyl (C=O) groups excluding carboxylic acids is 2. The first-order valence-corrected chi connectivity index (χ1v) is 9.18. The molecule has 0 aliphatic carbocycles. The highest BCUT2D eigenvalue weighted by atomic mass is 19.4. The second kappa shape index (κ2) is 10.3. The van der Waals surface area contributed by atoms with Gasteiger partial charge in [-0.25, -0.2) is 9.59 Å². The number of halogens is 6. The standard InChI is InChI=1S/C21H18F6O4/c22-20(23,24)16-10-4-2-8-14(16)18(28)30-12-6-1-7-13-31-19(29)15-9-3-5-11-17(15)21(25,26)27/h2-5,8-11H,1,6-7,12-13H2. The highest BCUT2D eigenvalue weighted by Crippen LogP contribution is 2.33. The number of hydrogen-bond acceptors (Lipinski definition) is 4. The van der Waals surface area contributed by atoms with Gasteiger partial charge in [-0.1, -0.05) is 24.3 Å². The summed E-state index contributed by atoms with van der Waals surface area (Å²) < 4.78 is 87.1. The van der Waals surface area contributed by atoms with Gasteiger partial charge in [0.2, 0.25) is 0 Å². The van der Waals surface area contributed by atoms with Crippen molar-refractivity contribution in [1.82, 2.24) is 0 Å². The van der Waals surface area contributed by atoms with Gasteiger partial charge in [-0.15, -0.1) is 0 Å². The van der Waals surface area contributed by atoms with Gasteiger partial charge in [-0.05, 0) is 43.5 Å². The molecule has 0 saturated carbocycles. The SMILES string of the molecule is O=C(OCCCCCOC(=O)c1ccccc1C(F)(F)F)c1ccccc1C(F)(F)F. The van der Waals surface area contributed by atoms with Crippen molar-refractivity contribution < 1.29 is 45.4 Å². The number of esters is 2. The van der Waals surface area contributed by atoms with Crippen LogP contribution in [-0.4, -0.2) is 25.2 Å². The molecule has 0 atom stereocenters. The number of alkyl halides is 6. The fourth-order valence-electron chi connectivity index (χ4n) is 2.68. The minimum Gasteiger partial charge on any atom is -0.462 e. The molecule has 2 aromatic rings. The number of ether oxygens (including phenoxy) is 2. The Bertz CT molecular complexity index is 832. The van der Waals surface area contributed by atoms with E-state index in [9.17, 15) is 35.9 Å². The normalized spacial score (nSPS) is 11.8. The van der Waals surface area contributed by atoms with Crippen molar-refractivity contribution in [3.8, 4) is 0 Å². The van der Waals surface area contributed by atoms with Crippen LogP contribution in [0.25, 0.3) is 0 Å². The van der Waals surface area contributed by atoms with E-state index in [1.807, 2.05) is 0 Å². The summed E-state index contributed by atoms with van der Waals surface area (Å²) in [5, 5.41) is 0. The highest BCUT2D eigenvalue weighted by Gasteiger charge is 2.36. The van der Waals surface area contributed by atoms with E-state index in [1.165, 1.54) is 12.1 Å². The summed E-state index contributed by atoms with van der Waals surface area (Å²) in [6, 6.07) is 8.49. The van der Waals surface area contributed by atoms with E-state index in [0.29, 0.717) is 6.42 Å². The van der Waals surface area contributed by atoms with Crippen LogP contribution in [0.15, 0.2) is 48.5 Å². The predicted molar refractivity (Wildman–Crippen MR) is 97.3 cm³/mol. The van der Waals surface area contributed by atoms with E-state index in [2.05, 4.69) is 0 Å². The molecule has 0 N–H and O–H groups in total. The topological polar surface area (TPSA) is 52.6 Å². The Labute approximate surface area is 173 Å². The van der Waals surface area contributed by atoms with Crippen molar-refractivity contribution in [2.24, 2.45) is 0 Å². The van der Waals surface area contributed by atoms with Crippen molar-refractivity contribution in [1.29, 1.82) is 0 Å². The Kier molecular flexibility index (Phi) is 8.07. The molecule has 0 aliphatic rings. The minimum absolute atomic E-state index is 0.157. The first-order chi connectivity index (χ1) is 14.5. The molecule has 0 amide bonds. The van der Waals surface area contributed by atoms with Crippen molar-refractivity contribution in [3.63, 3.8) is 0 Å². The molecule has 0 aliphatic heterocycles. The Morgan fingerprint density at radius 2 is 0.968 bits per heavy atom. The minimum atomic E-state index is -4.69. The number of carbonyl (C=O) groups is 2. The maximum Gasteiger partial charge on any atom is 0.417 e. The second-order valence-corrected chi connectivity index (χ2v) is 6.42. The van der Waals surface area contributed by atoms with Crippen molar-refractivity contribution >= 4 is 11.9 Å². The van der Waals surface area contributed by atoms with Gasteiger partial charge in [0.1, 0.15) is 0 Å². The van der Waals surface area contributed by atoms with Crippen LogP contribution >= 0.6 is 0 Å². The number of rotatable bonds is 8. The Hall–Kier alpha value is -3.04. The maximum atomic E-state index is 12.9. The van der Waals surface area contributed by atoms with Crippen LogP contribution in [-0.2, 0) is 21.8 Å². The molecular weight excluding hydrogens is 430 g/mol. The van der Waals surface area contributed by atoms with E-state index < -0.39 is 46.5 Å². The molecule has 0 saturated heterocycles. The van der Waals surface area contributed by atoms with Crippen LogP contribution < -0.4 is 0 Å². The summed E-state index contributed by atoms with van der Waals surface area (Å²) in [5.41, 5.74) is -3.36. The van der Waals surface area contributed by atoms with Crippen LogP contribution in [0.2, 0.25) is 0 Å². The van der Waals surface area contributed by atoms with Crippen molar-refractivity contribution in [3.05, 3.63) is 70.8 Å². The van der Waals surface area contributed by atoms with Crippen LogP contribution in [0, 0.1) is 0 Å². The van der Waals surface area contributed by atoms with Crippen LogP contribution in [0.4, 0.5) is 26.3 Å². The lowest BCUT2D eigenvalue weighted by molar-refractivity contribution is -0.138.